The third kappa shape index (κ3) is 7.28. The summed E-state index contributed by atoms with van der Waals surface area (Å²) in [5.41, 5.74) is 0.132. The molecule has 0 aromatic heterocycles. The van der Waals surface area contributed by atoms with Gasteiger partial charge in [-0.25, -0.2) is 4.79 Å². The standard InChI is InChI=1S/C36H49NO16/c1-17-15-47-36(12-22(17)49-25(40)10-7-18-5-3-2-4-6-18)35(16-48-35)20-9-8-19(11-21(20)53-36)32(46)37-33-29(44)28(43)31(24(14-39)50-33)52-34-30(45)27(42)26(41)23(13-38)51-34/h2-7,10,17,19-24,26-31,33-34,38-39,41-45H,8-9,11-16H2,1H3,(H,37,46)/b10-7+/t17?,19-,20?,21?,22?,23?,24?,26?,27?,28?,29?,30?,31?,33?,34?,35-,36-/m0/s1. The van der Waals surface area contributed by atoms with Crippen molar-refractivity contribution in [2.45, 2.75) is 118 Å². The van der Waals surface area contributed by atoms with Crippen molar-refractivity contribution in [3.63, 3.8) is 0 Å². The fourth-order valence-electron chi connectivity index (χ4n) is 8.49. The zero-order valence-electron chi connectivity index (χ0n) is 29.2. The van der Waals surface area contributed by atoms with Crippen LogP contribution in [0.15, 0.2) is 36.4 Å². The molecule has 17 atom stereocenters. The molecule has 0 radical (unpaired) electrons. The van der Waals surface area contributed by atoms with Crippen molar-refractivity contribution in [2.24, 2.45) is 17.8 Å². The Labute approximate surface area is 305 Å². The molecule has 2 spiro atoms. The van der Waals surface area contributed by atoms with Gasteiger partial charge in [-0.3, -0.25) is 4.79 Å². The lowest BCUT2D eigenvalue weighted by molar-refractivity contribution is -0.343. The van der Waals surface area contributed by atoms with Gasteiger partial charge in [0, 0.05) is 30.3 Å². The summed E-state index contributed by atoms with van der Waals surface area (Å²) in [5, 5.41) is 74.7. The average molecular weight is 752 g/mol. The zero-order valence-corrected chi connectivity index (χ0v) is 29.2. The number of benzene rings is 1. The van der Waals surface area contributed by atoms with Crippen molar-refractivity contribution in [2.75, 3.05) is 26.4 Å². The van der Waals surface area contributed by atoms with E-state index < -0.39 is 116 Å². The van der Waals surface area contributed by atoms with Gasteiger partial charge < -0.3 is 74.2 Å². The highest BCUT2D eigenvalue weighted by molar-refractivity contribution is 5.87. The molecule has 1 saturated carbocycles. The minimum Gasteiger partial charge on any atom is -0.459 e. The van der Waals surface area contributed by atoms with Gasteiger partial charge in [0.2, 0.25) is 11.7 Å². The Morgan fingerprint density at radius 3 is 2.36 bits per heavy atom. The monoisotopic (exact) mass is 751 g/mol. The van der Waals surface area contributed by atoms with Crippen molar-refractivity contribution >= 4 is 18.0 Å². The number of aliphatic hydroxyl groups excluding tert-OH is 7. The van der Waals surface area contributed by atoms with E-state index in [1.807, 2.05) is 37.3 Å². The summed E-state index contributed by atoms with van der Waals surface area (Å²) in [6, 6.07) is 9.41. The Kier molecular flexibility index (Phi) is 11.3. The second-order valence-electron chi connectivity index (χ2n) is 15.0. The normalized spacial score (nSPS) is 46.7. The van der Waals surface area contributed by atoms with Gasteiger partial charge in [-0.05, 0) is 30.9 Å². The number of nitrogens with one attached hydrogen (secondary N) is 1. The Bertz CT molecular complexity index is 1470. The molecule has 294 valence electrons. The predicted molar refractivity (Wildman–Crippen MR) is 177 cm³/mol. The smallest absolute Gasteiger partial charge is 0.331 e. The second kappa shape index (κ2) is 15.5. The molecular weight excluding hydrogens is 702 g/mol. The topological polar surface area (TPSA) is 256 Å². The van der Waals surface area contributed by atoms with E-state index in [2.05, 4.69) is 5.32 Å². The maximum atomic E-state index is 13.6. The first kappa shape index (κ1) is 38.6. The number of rotatable bonds is 9. The van der Waals surface area contributed by atoms with Crippen molar-refractivity contribution in [3.05, 3.63) is 42.0 Å². The number of esters is 1. The molecule has 7 rings (SSSR count). The van der Waals surface area contributed by atoms with Crippen LogP contribution in [0.5, 0.6) is 0 Å². The molecule has 5 aliphatic heterocycles. The molecule has 53 heavy (non-hydrogen) atoms. The SMILES string of the molecule is CC1CO[C@@]2(CC1OC(=O)/C=C/c1ccccc1)OC1C[C@@H](C(=O)NC3OC(CO)C(OC4OC(CO)C(O)C(O)C4O)C(O)C3O)CCC1[C@@]21CO1. The van der Waals surface area contributed by atoms with Crippen LogP contribution in [0.3, 0.4) is 0 Å². The van der Waals surface area contributed by atoms with Crippen LogP contribution in [0, 0.1) is 17.8 Å². The van der Waals surface area contributed by atoms with E-state index in [0.29, 0.717) is 25.9 Å². The number of carbonyl (C=O) groups is 2. The third-order valence-corrected chi connectivity index (χ3v) is 11.7. The quantitative estimate of drug-likeness (QED) is 0.0749. The maximum Gasteiger partial charge on any atom is 0.331 e. The average Bonchev–Trinajstić information content (AvgIpc) is 3.93. The van der Waals surface area contributed by atoms with E-state index in [1.54, 1.807) is 6.08 Å². The molecule has 1 aliphatic carbocycles. The van der Waals surface area contributed by atoms with E-state index in [-0.39, 0.29) is 24.9 Å². The van der Waals surface area contributed by atoms with Gasteiger partial charge in [0.1, 0.15) is 54.9 Å². The van der Waals surface area contributed by atoms with Crippen molar-refractivity contribution < 1.29 is 78.5 Å². The maximum absolute atomic E-state index is 13.6. The summed E-state index contributed by atoms with van der Waals surface area (Å²) in [4.78, 5) is 26.4. The number of amides is 1. The molecular formula is C36H49NO16. The molecule has 17 nitrogen and oxygen atoms in total. The largest absolute Gasteiger partial charge is 0.459 e. The van der Waals surface area contributed by atoms with E-state index in [0.717, 1.165) is 5.56 Å². The number of aliphatic hydroxyl groups is 7. The number of epoxide rings is 1. The number of carbonyl (C=O) groups excluding carboxylic acids is 2. The van der Waals surface area contributed by atoms with Crippen LogP contribution in [0.2, 0.25) is 0 Å². The Morgan fingerprint density at radius 1 is 0.925 bits per heavy atom. The molecule has 1 amide bonds. The molecule has 6 aliphatic rings. The fourth-order valence-corrected chi connectivity index (χ4v) is 8.49. The van der Waals surface area contributed by atoms with E-state index in [9.17, 15) is 45.3 Å². The zero-order chi connectivity index (χ0) is 37.7. The first-order valence-corrected chi connectivity index (χ1v) is 18.2. The van der Waals surface area contributed by atoms with E-state index in [4.69, 9.17) is 33.2 Å². The first-order valence-electron chi connectivity index (χ1n) is 18.2. The van der Waals surface area contributed by atoms with Crippen LogP contribution >= 0.6 is 0 Å². The highest BCUT2D eigenvalue weighted by atomic mass is 16.8. The molecule has 5 heterocycles. The van der Waals surface area contributed by atoms with Gasteiger partial charge in [0.25, 0.3) is 0 Å². The van der Waals surface area contributed by atoms with Crippen LogP contribution in [0.25, 0.3) is 6.08 Å². The number of hydrogen-bond donors (Lipinski definition) is 8. The first-order chi connectivity index (χ1) is 25.4. The van der Waals surface area contributed by atoms with Crippen LogP contribution in [0.1, 0.15) is 38.2 Å². The van der Waals surface area contributed by atoms with E-state index >= 15 is 0 Å². The third-order valence-electron chi connectivity index (χ3n) is 11.7. The second-order valence-corrected chi connectivity index (χ2v) is 15.0. The lowest BCUT2D eigenvalue weighted by Gasteiger charge is -2.46. The van der Waals surface area contributed by atoms with Gasteiger partial charge in [-0.15, -0.1) is 0 Å². The minimum atomic E-state index is -1.80. The van der Waals surface area contributed by atoms with Gasteiger partial charge in [0.15, 0.2) is 18.1 Å². The Morgan fingerprint density at radius 2 is 1.66 bits per heavy atom. The highest BCUT2D eigenvalue weighted by Crippen LogP contribution is 2.62. The van der Waals surface area contributed by atoms with Crippen LogP contribution in [0.4, 0.5) is 0 Å². The molecule has 1 aromatic rings. The molecule has 0 bridgehead atoms. The number of hydrogen-bond acceptors (Lipinski definition) is 16. The Balaban J connectivity index is 0.962. The lowest BCUT2D eigenvalue weighted by Crippen LogP contribution is -2.66. The summed E-state index contributed by atoms with van der Waals surface area (Å²) in [6.07, 6.45) is -12.2. The van der Waals surface area contributed by atoms with Gasteiger partial charge >= 0.3 is 5.97 Å². The fraction of sp³-hybridized carbons (Fsp3) is 0.722. The molecule has 17 heteroatoms. The number of ether oxygens (including phenoxy) is 7. The van der Waals surface area contributed by atoms with Gasteiger partial charge in [-0.2, -0.15) is 0 Å². The predicted octanol–water partition coefficient (Wildman–Crippen LogP) is -2.31. The van der Waals surface area contributed by atoms with Crippen molar-refractivity contribution in [3.8, 4) is 0 Å². The van der Waals surface area contributed by atoms with Crippen molar-refractivity contribution in [1.82, 2.24) is 5.32 Å². The van der Waals surface area contributed by atoms with E-state index in [1.165, 1.54) is 6.08 Å². The summed E-state index contributed by atoms with van der Waals surface area (Å²) >= 11 is 0. The number of fused-ring (bicyclic) bond motifs is 3. The summed E-state index contributed by atoms with van der Waals surface area (Å²) in [5.74, 6) is -2.87. The van der Waals surface area contributed by atoms with Crippen molar-refractivity contribution in [1.29, 1.82) is 0 Å². The molecule has 8 N–H and O–H groups in total. The Hall–Kier alpha value is -2.62. The molecule has 6 fully saturated rings. The molecule has 14 unspecified atom stereocenters. The highest BCUT2D eigenvalue weighted by Gasteiger charge is 2.76. The van der Waals surface area contributed by atoms with Crippen LogP contribution in [-0.2, 0) is 42.7 Å². The molecule has 5 saturated heterocycles. The summed E-state index contributed by atoms with van der Waals surface area (Å²) in [6.45, 7) is 1.18. The van der Waals surface area contributed by atoms with Gasteiger partial charge in [-0.1, -0.05) is 37.3 Å². The molecule has 1 aromatic carbocycles. The van der Waals surface area contributed by atoms with Gasteiger partial charge in [0.05, 0.1) is 32.5 Å². The minimum absolute atomic E-state index is 0.0771. The summed E-state index contributed by atoms with van der Waals surface area (Å²) in [7, 11) is 0. The van der Waals surface area contributed by atoms with Crippen LogP contribution in [-0.4, -0.2) is 159 Å². The summed E-state index contributed by atoms with van der Waals surface area (Å²) < 4.78 is 41.7. The van der Waals surface area contributed by atoms with Crippen LogP contribution < -0.4 is 5.32 Å². The lowest BCUT2D eigenvalue weighted by atomic mass is 9.72.